The number of ether oxygens (including phenoxy) is 1. The highest BCUT2D eigenvalue weighted by Crippen LogP contribution is 2.17. The Labute approximate surface area is 72.8 Å². The van der Waals surface area contributed by atoms with Crippen molar-refractivity contribution in [2.24, 2.45) is 0 Å². The van der Waals surface area contributed by atoms with E-state index in [-0.39, 0.29) is 0 Å². The van der Waals surface area contributed by atoms with E-state index >= 15 is 0 Å². The summed E-state index contributed by atoms with van der Waals surface area (Å²) in [5.41, 5.74) is 0.293. The monoisotopic (exact) mass is 212 g/mol. The second-order valence-electron chi connectivity index (χ2n) is 1.80. The smallest absolute Gasteiger partial charge is 0.183 e. The molecule has 0 N–H and O–H groups in total. The zero-order valence-electron chi connectivity index (χ0n) is 5.84. The van der Waals surface area contributed by atoms with Crippen molar-refractivity contribution in [1.82, 2.24) is 4.98 Å². The minimum atomic E-state index is 0.293. The van der Waals surface area contributed by atoms with E-state index in [0.29, 0.717) is 16.0 Å². The van der Waals surface area contributed by atoms with Crippen molar-refractivity contribution in [2.75, 3.05) is 7.11 Å². The molecule has 0 atom stereocenters. The van der Waals surface area contributed by atoms with Crippen molar-refractivity contribution in [3.05, 3.63) is 22.4 Å². The predicted molar refractivity (Wildman–Crippen MR) is 43.2 cm³/mol. The van der Waals surface area contributed by atoms with Gasteiger partial charge in [-0.25, -0.2) is 4.98 Å². The number of halogens is 1. The molecule has 4 heteroatoms. The maximum atomic E-state index is 8.56. The fraction of sp³-hybridized carbons (Fsp3) is 0.143. The van der Waals surface area contributed by atoms with E-state index in [0.717, 1.165) is 0 Å². The number of pyridine rings is 1. The predicted octanol–water partition coefficient (Wildman–Crippen LogP) is 1.72. The highest BCUT2D eigenvalue weighted by Gasteiger charge is 2.02. The van der Waals surface area contributed by atoms with Crippen molar-refractivity contribution in [3.63, 3.8) is 0 Å². The third kappa shape index (κ3) is 1.69. The third-order valence-corrected chi connectivity index (χ3v) is 1.59. The summed E-state index contributed by atoms with van der Waals surface area (Å²) >= 11 is 3.15. The van der Waals surface area contributed by atoms with E-state index in [1.54, 1.807) is 12.1 Å². The molecule has 0 amide bonds. The molecule has 0 radical (unpaired) electrons. The van der Waals surface area contributed by atoms with Crippen LogP contribution in [0.3, 0.4) is 0 Å². The van der Waals surface area contributed by atoms with E-state index in [2.05, 4.69) is 20.9 Å². The molecule has 3 nitrogen and oxygen atoms in total. The van der Waals surface area contributed by atoms with Gasteiger partial charge < -0.3 is 4.74 Å². The highest BCUT2D eigenvalue weighted by molar-refractivity contribution is 9.10. The molecule has 56 valence electrons. The largest absolute Gasteiger partial charge is 0.494 e. The minimum Gasteiger partial charge on any atom is -0.494 e. The molecule has 0 unspecified atom stereocenters. The van der Waals surface area contributed by atoms with Gasteiger partial charge in [-0.3, -0.25) is 0 Å². The van der Waals surface area contributed by atoms with Gasteiger partial charge in [0.2, 0.25) is 0 Å². The van der Waals surface area contributed by atoms with Crippen LogP contribution in [0.4, 0.5) is 0 Å². The molecule has 1 rings (SSSR count). The van der Waals surface area contributed by atoms with Gasteiger partial charge in [-0.05, 0) is 28.1 Å². The number of methoxy groups -OCH3 is 1. The van der Waals surface area contributed by atoms with Gasteiger partial charge in [0.25, 0.3) is 0 Å². The van der Waals surface area contributed by atoms with Crippen LogP contribution in [0.2, 0.25) is 0 Å². The van der Waals surface area contributed by atoms with Crippen LogP contribution in [-0.2, 0) is 0 Å². The summed E-state index contributed by atoms with van der Waals surface area (Å²) in [6.07, 6.45) is 0. The van der Waals surface area contributed by atoms with Crippen LogP contribution in [-0.4, -0.2) is 12.1 Å². The average Bonchev–Trinajstić information content (AvgIpc) is 2.04. The lowest BCUT2D eigenvalue weighted by atomic mass is 10.3. The Morgan fingerprint density at radius 2 is 2.36 bits per heavy atom. The molecule has 0 aliphatic carbocycles. The van der Waals surface area contributed by atoms with Crippen LogP contribution >= 0.6 is 15.9 Å². The van der Waals surface area contributed by atoms with E-state index in [9.17, 15) is 0 Å². The number of nitriles is 1. The standard InChI is InChI=1S/C7H5BrN2O/c1-11-6-2-3-7(8)10-5(6)4-9/h2-3H,1H3. The molecule has 11 heavy (non-hydrogen) atoms. The van der Waals surface area contributed by atoms with E-state index in [1.165, 1.54) is 7.11 Å². The number of hydrogen-bond acceptors (Lipinski definition) is 3. The molecule has 0 aliphatic rings. The Morgan fingerprint density at radius 3 is 2.91 bits per heavy atom. The lowest BCUT2D eigenvalue weighted by molar-refractivity contribution is 0.411. The first-order valence-corrected chi connectivity index (χ1v) is 3.68. The Bertz CT molecular complexity index is 306. The van der Waals surface area contributed by atoms with E-state index in [4.69, 9.17) is 10.00 Å². The van der Waals surface area contributed by atoms with Gasteiger partial charge >= 0.3 is 0 Å². The van der Waals surface area contributed by atoms with Crippen LogP contribution in [0.5, 0.6) is 5.75 Å². The lowest BCUT2D eigenvalue weighted by Crippen LogP contribution is -1.90. The van der Waals surface area contributed by atoms with Gasteiger partial charge in [-0.1, -0.05) is 0 Å². The van der Waals surface area contributed by atoms with Crippen LogP contribution < -0.4 is 4.74 Å². The number of nitrogens with zero attached hydrogens (tertiary/aromatic N) is 2. The molecule has 0 fully saturated rings. The zero-order chi connectivity index (χ0) is 8.27. The van der Waals surface area contributed by atoms with Crippen molar-refractivity contribution in [1.29, 1.82) is 5.26 Å². The van der Waals surface area contributed by atoms with Crippen LogP contribution in [0.25, 0.3) is 0 Å². The zero-order valence-corrected chi connectivity index (χ0v) is 7.42. The van der Waals surface area contributed by atoms with Gasteiger partial charge in [0.05, 0.1) is 7.11 Å². The Kier molecular flexibility index (Phi) is 2.44. The van der Waals surface area contributed by atoms with Gasteiger partial charge in [0.15, 0.2) is 11.4 Å². The summed E-state index contributed by atoms with van der Waals surface area (Å²) < 4.78 is 5.52. The first-order valence-electron chi connectivity index (χ1n) is 2.88. The SMILES string of the molecule is COc1ccc(Br)nc1C#N. The summed E-state index contributed by atoms with van der Waals surface area (Å²) in [5.74, 6) is 0.496. The first-order chi connectivity index (χ1) is 5.27. The molecular weight excluding hydrogens is 208 g/mol. The van der Waals surface area contributed by atoms with Crippen molar-refractivity contribution < 1.29 is 4.74 Å². The molecule has 0 aromatic carbocycles. The molecule has 0 spiro atoms. The molecule has 1 aromatic heterocycles. The molecule has 0 aliphatic heterocycles. The molecule has 0 saturated heterocycles. The topological polar surface area (TPSA) is 45.9 Å². The normalized spacial score (nSPS) is 8.82. The molecule has 1 heterocycles. The molecular formula is C7H5BrN2O. The number of rotatable bonds is 1. The molecule has 0 saturated carbocycles. The fourth-order valence-electron chi connectivity index (χ4n) is 0.667. The van der Waals surface area contributed by atoms with E-state index in [1.807, 2.05) is 6.07 Å². The Hall–Kier alpha value is -1.08. The summed E-state index contributed by atoms with van der Waals surface area (Å²) in [7, 11) is 1.51. The van der Waals surface area contributed by atoms with Gasteiger partial charge in [-0.2, -0.15) is 5.26 Å². The third-order valence-electron chi connectivity index (χ3n) is 1.15. The Balaban J connectivity index is 3.19. The van der Waals surface area contributed by atoms with Crippen LogP contribution in [0.1, 0.15) is 5.69 Å². The van der Waals surface area contributed by atoms with Gasteiger partial charge in [-0.15, -0.1) is 0 Å². The van der Waals surface area contributed by atoms with Crippen molar-refractivity contribution in [3.8, 4) is 11.8 Å². The minimum absolute atomic E-state index is 0.293. The first kappa shape index (κ1) is 8.02. The number of aromatic nitrogens is 1. The molecule has 1 aromatic rings. The lowest BCUT2D eigenvalue weighted by Gasteiger charge is -1.99. The molecule has 0 bridgehead atoms. The summed E-state index contributed by atoms with van der Waals surface area (Å²) in [5, 5.41) is 8.56. The quantitative estimate of drug-likeness (QED) is 0.667. The highest BCUT2D eigenvalue weighted by atomic mass is 79.9. The average molecular weight is 213 g/mol. The number of hydrogen-bond donors (Lipinski definition) is 0. The van der Waals surface area contributed by atoms with E-state index < -0.39 is 0 Å². The second kappa shape index (κ2) is 3.35. The summed E-state index contributed by atoms with van der Waals surface area (Å²) in [6, 6.07) is 5.33. The maximum Gasteiger partial charge on any atom is 0.183 e. The van der Waals surface area contributed by atoms with Gasteiger partial charge in [0, 0.05) is 0 Å². The van der Waals surface area contributed by atoms with Gasteiger partial charge in [0.1, 0.15) is 10.7 Å². The fourth-order valence-corrected chi connectivity index (χ4v) is 0.977. The van der Waals surface area contributed by atoms with Crippen LogP contribution in [0.15, 0.2) is 16.7 Å². The summed E-state index contributed by atoms with van der Waals surface area (Å²) in [4.78, 5) is 3.89. The van der Waals surface area contributed by atoms with Crippen molar-refractivity contribution >= 4 is 15.9 Å². The van der Waals surface area contributed by atoms with Crippen molar-refractivity contribution in [2.45, 2.75) is 0 Å². The summed E-state index contributed by atoms with van der Waals surface area (Å²) in [6.45, 7) is 0. The Morgan fingerprint density at radius 1 is 1.64 bits per heavy atom. The maximum absolute atomic E-state index is 8.56. The van der Waals surface area contributed by atoms with Crippen LogP contribution in [0, 0.1) is 11.3 Å². The second-order valence-corrected chi connectivity index (χ2v) is 2.61.